The Hall–Kier alpha value is -0.910. The molecule has 1 fully saturated rings. The minimum atomic E-state index is -0.889. The molecule has 0 aromatic carbocycles. The van der Waals surface area contributed by atoms with E-state index in [2.05, 4.69) is 5.32 Å². The van der Waals surface area contributed by atoms with Crippen LogP contribution in [0.5, 0.6) is 0 Å². The molecule has 1 aliphatic rings. The van der Waals surface area contributed by atoms with Gasteiger partial charge in [-0.25, -0.2) is 0 Å². The van der Waals surface area contributed by atoms with Crippen molar-refractivity contribution in [3.8, 4) is 0 Å². The molecular formula is C13H23NO4S. The van der Waals surface area contributed by atoms with E-state index in [4.69, 9.17) is 5.11 Å². The number of carbonyl (C=O) groups is 2. The molecule has 0 aromatic heterocycles. The molecule has 19 heavy (non-hydrogen) atoms. The fourth-order valence-corrected chi connectivity index (χ4v) is 2.89. The molecule has 1 aliphatic carbocycles. The maximum absolute atomic E-state index is 12.0. The molecule has 6 heteroatoms. The third kappa shape index (κ3) is 4.93. The largest absolute Gasteiger partial charge is 0.481 e. The molecule has 0 spiro atoms. The summed E-state index contributed by atoms with van der Waals surface area (Å²) in [5, 5.41) is 12.0. The first-order valence-corrected chi connectivity index (χ1v) is 8.38. The second-order valence-corrected chi connectivity index (χ2v) is 7.03. The Morgan fingerprint density at radius 1 is 1.32 bits per heavy atom. The fourth-order valence-electron chi connectivity index (χ4n) is 2.44. The highest BCUT2D eigenvalue weighted by atomic mass is 32.2. The number of carboxylic acid groups (broad SMARTS) is 1. The van der Waals surface area contributed by atoms with E-state index in [-0.39, 0.29) is 11.2 Å². The molecule has 1 saturated carbocycles. The van der Waals surface area contributed by atoms with E-state index in [9.17, 15) is 13.8 Å². The van der Waals surface area contributed by atoms with Crippen LogP contribution in [0.3, 0.4) is 0 Å². The summed E-state index contributed by atoms with van der Waals surface area (Å²) in [6.07, 6.45) is 5.33. The van der Waals surface area contributed by atoms with Gasteiger partial charge in [-0.15, -0.1) is 0 Å². The first-order valence-electron chi connectivity index (χ1n) is 6.76. The van der Waals surface area contributed by atoms with Crippen molar-refractivity contribution in [2.75, 3.05) is 12.8 Å². The lowest BCUT2D eigenvalue weighted by atomic mass is 9.78. The van der Waals surface area contributed by atoms with Gasteiger partial charge in [0.25, 0.3) is 0 Å². The molecule has 1 amide bonds. The van der Waals surface area contributed by atoms with Crippen molar-refractivity contribution in [3.63, 3.8) is 0 Å². The molecule has 4 unspecified atom stereocenters. The summed E-state index contributed by atoms with van der Waals surface area (Å²) < 4.78 is 11.2. The Labute approximate surface area is 116 Å². The quantitative estimate of drug-likeness (QED) is 0.768. The fraction of sp³-hybridized carbons (Fsp3) is 0.846. The maximum atomic E-state index is 12.0. The van der Waals surface area contributed by atoms with Crippen LogP contribution < -0.4 is 5.32 Å². The van der Waals surface area contributed by atoms with Crippen molar-refractivity contribution in [2.45, 2.75) is 44.3 Å². The molecule has 110 valence electrons. The van der Waals surface area contributed by atoms with Crippen LogP contribution in [0.25, 0.3) is 0 Å². The average molecular weight is 289 g/mol. The zero-order chi connectivity index (χ0) is 14.4. The van der Waals surface area contributed by atoms with Gasteiger partial charge in [0.05, 0.1) is 11.8 Å². The summed E-state index contributed by atoms with van der Waals surface area (Å²) in [5.41, 5.74) is 0. The highest BCUT2D eigenvalue weighted by Gasteiger charge is 2.35. The number of amides is 1. The van der Waals surface area contributed by atoms with Crippen LogP contribution >= 0.6 is 0 Å². The van der Waals surface area contributed by atoms with Crippen LogP contribution in [-0.4, -0.2) is 39.2 Å². The Morgan fingerprint density at radius 3 is 2.42 bits per heavy atom. The van der Waals surface area contributed by atoms with E-state index in [1.165, 1.54) is 0 Å². The molecule has 0 aromatic rings. The summed E-state index contributed by atoms with van der Waals surface area (Å²) in [7, 11) is -0.889. The highest BCUT2D eigenvalue weighted by Crippen LogP contribution is 2.30. The van der Waals surface area contributed by atoms with Crippen LogP contribution in [0, 0.1) is 11.8 Å². The number of aliphatic carboxylic acids is 1. The minimum absolute atomic E-state index is 0.0435. The van der Waals surface area contributed by atoms with E-state index in [1.54, 1.807) is 6.26 Å². The van der Waals surface area contributed by atoms with E-state index < -0.39 is 28.6 Å². The molecule has 5 nitrogen and oxygen atoms in total. The molecule has 0 heterocycles. The molecular weight excluding hydrogens is 266 g/mol. The predicted molar refractivity (Wildman–Crippen MR) is 74.2 cm³/mol. The van der Waals surface area contributed by atoms with Crippen LogP contribution in [0.2, 0.25) is 0 Å². The number of carboxylic acids is 1. The van der Waals surface area contributed by atoms with Gasteiger partial charge in [0, 0.05) is 28.9 Å². The number of hydrogen-bond acceptors (Lipinski definition) is 3. The topological polar surface area (TPSA) is 83.5 Å². The Morgan fingerprint density at radius 2 is 1.89 bits per heavy atom. The molecule has 0 aliphatic heterocycles. The summed E-state index contributed by atoms with van der Waals surface area (Å²) >= 11 is 0. The molecule has 0 radical (unpaired) electrons. The Kier molecular flexibility index (Phi) is 6.48. The van der Waals surface area contributed by atoms with Crippen LogP contribution in [0.15, 0.2) is 0 Å². The monoisotopic (exact) mass is 289 g/mol. The molecule has 0 bridgehead atoms. The lowest BCUT2D eigenvalue weighted by Gasteiger charge is -2.27. The second kappa shape index (κ2) is 7.62. The normalized spacial score (nSPS) is 26.4. The van der Waals surface area contributed by atoms with Crippen molar-refractivity contribution < 1.29 is 18.9 Å². The number of carbonyl (C=O) groups excluding carboxylic acids is 1. The molecule has 2 N–H and O–H groups in total. The van der Waals surface area contributed by atoms with Crippen molar-refractivity contribution in [1.29, 1.82) is 0 Å². The first-order chi connectivity index (χ1) is 8.93. The number of rotatable bonds is 6. The van der Waals surface area contributed by atoms with Gasteiger partial charge in [-0.1, -0.05) is 19.8 Å². The van der Waals surface area contributed by atoms with E-state index in [1.807, 2.05) is 6.92 Å². The van der Waals surface area contributed by atoms with Gasteiger partial charge in [0.1, 0.15) is 0 Å². The third-order valence-electron chi connectivity index (χ3n) is 3.84. The SMILES string of the molecule is CC(CCNC(=O)C1CCCCC1C(=O)O)S(C)=O. The van der Waals surface area contributed by atoms with Crippen molar-refractivity contribution >= 4 is 22.7 Å². The van der Waals surface area contributed by atoms with E-state index in [0.717, 1.165) is 12.8 Å². The van der Waals surface area contributed by atoms with Crippen molar-refractivity contribution in [3.05, 3.63) is 0 Å². The summed E-state index contributed by atoms with van der Waals surface area (Å²) in [6, 6.07) is 0. The maximum Gasteiger partial charge on any atom is 0.307 e. The summed E-state index contributed by atoms with van der Waals surface area (Å²) in [6.45, 7) is 2.34. The average Bonchev–Trinajstić information content (AvgIpc) is 2.38. The predicted octanol–water partition coefficient (Wildman–Crippen LogP) is 1.15. The zero-order valence-electron chi connectivity index (χ0n) is 11.6. The smallest absolute Gasteiger partial charge is 0.307 e. The Balaban J connectivity index is 2.43. The van der Waals surface area contributed by atoms with E-state index in [0.29, 0.717) is 25.8 Å². The lowest BCUT2D eigenvalue weighted by Crippen LogP contribution is -2.40. The van der Waals surface area contributed by atoms with Gasteiger partial charge in [-0.3, -0.25) is 13.8 Å². The van der Waals surface area contributed by atoms with Gasteiger partial charge in [-0.2, -0.15) is 0 Å². The molecule has 0 saturated heterocycles. The number of nitrogens with one attached hydrogen (secondary N) is 1. The van der Waals surface area contributed by atoms with Crippen molar-refractivity contribution in [2.24, 2.45) is 11.8 Å². The Bertz CT molecular complexity index is 359. The van der Waals surface area contributed by atoms with Gasteiger partial charge in [0.2, 0.25) is 5.91 Å². The summed E-state index contributed by atoms with van der Waals surface area (Å²) in [4.78, 5) is 23.1. The van der Waals surface area contributed by atoms with Crippen LogP contribution in [0.1, 0.15) is 39.0 Å². The number of hydrogen-bond donors (Lipinski definition) is 2. The minimum Gasteiger partial charge on any atom is -0.481 e. The third-order valence-corrected chi connectivity index (χ3v) is 5.21. The van der Waals surface area contributed by atoms with Gasteiger partial charge >= 0.3 is 5.97 Å². The molecule has 4 atom stereocenters. The molecule has 1 rings (SSSR count). The van der Waals surface area contributed by atoms with Gasteiger partial charge in [-0.05, 0) is 19.3 Å². The van der Waals surface area contributed by atoms with Crippen molar-refractivity contribution in [1.82, 2.24) is 5.32 Å². The lowest BCUT2D eigenvalue weighted by molar-refractivity contribution is -0.148. The second-order valence-electron chi connectivity index (χ2n) is 5.22. The van der Waals surface area contributed by atoms with E-state index >= 15 is 0 Å². The van der Waals surface area contributed by atoms with Crippen LogP contribution in [0.4, 0.5) is 0 Å². The first kappa shape index (κ1) is 16.1. The zero-order valence-corrected chi connectivity index (χ0v) is 12.4. The highest BCUT2D eigenvalue weighted by molar-refractivity contribution is 7.84. The summed E-state index contributed by atoms with van der Waals surface area (Å²) in [5.74, 6) is -2.00. The van der Waals surface area contributed by atoms with Gasteiger partial charge in [0.15, 0.2) is 0 Å². The van der Waals surface area contributed by atoms with Gasteiger partial charge < -0.3 is 10.4 Å². The van der Waals surface area contributed by atoms with Crippen LogP contribution in [-0.2, 0) is 20.4 Å². The standard InChI is InChI=1S/C13H23NO4S/c1-9(19(2)18)7-8-14-12(15)10-5-3-4-6-11(10)13(16)17/h9-11H,3-8H2,1-2H3,(H,14,15)(H,16,17).